The van der Waals surface area contributed by atoms with Crippen molar-refractivity contribution in [2.75, 3.05) is 0 Å². The lowest BCUT2D eigenvalue weighted by Crippen LogP contribution is -2.09. The number of para-hydroxylation sites is 1. The van der Waals surface area contributed by atoms with E-state index in [1.807, 2.05) is 49.4 Å². The summed E-state index contributed by atoms with van der Waals surface area (Å²) in [6.45, 7) is 2.67. The molecule has 0 fully saturated rings. The zero-order valence-electron chi connectivity index (χ0n) is 13.7. The van der Waals surface area contributed by atoms with Crippen molar-refractivity contribution in [1.82, 2.24) is 4.57 Å². The topological polar surface area (TPSA) is 54.7 Å². The number of halogens is 1. The summed E-state index contributed by atoms with van der Waals surface area (Å²) in [5, 5.41) is 11.1. The van der Waals surface area contributed by atoms with Crippen LogP contribution in [0.1, 0.15) is 16.8 Å². The Morgan fingerprint density at radius 3 is 2.60 bits per heavy atom. The highest BCUT2D eigenvalue weighted by Crippen LogP contribution is 2.29. The van der Waals surface area contributed by atoms with Crippen molar-refractivity contribution in [3.8, 4) is 6.07 Å². The predicted molar refractivity (Wildman–Crippen MR) is 108 cm³/mol. The maximum Gasteiger partial charge on any atom is 0.114 e. The van der Waals surface area contributed by atoms with Crippen LogP contribution in [0.5, 0.6) is 0 Å². The van der Waals surface area contributed by atoms with Crippen LogP contribution in [0.4, 0.5) is 0 Å². The van der Waals surface area contributed by atoms with Gasteiger partial charge in [0, 0.05) is 33.7 Å². The number of nitrogens with zero attached hydrogens (tertiary/aromatic N) is 2. The molecule has 0 aliphatic carbocycles. The average Bonchev–Trinajstić information content (AvgIpc) is 2.86. The maximum absolute atomic E-state index is 9.29. The first kappa shape index (κ1) is 17.2. The molecule has 0 bridgehead atoms. The van der Waals surface area contributed by atoms with Gasteiger partial charge in [-0.3, -0.25) is 0 Å². The molecule has 0 amide bonds. The summed E-state index contributed by atoms with van der Waals surface area (Å²) in [5.74, 6) is 0. The van der Waals surface area contributed by atoms with E-state index in [1.165, 1.54) is 0 Å². The fourth-order valence-electron chi connectivity index (χ4n) is 2.94. The van der Waals surface area contributed by atoms with E-state index in [2.05, 4.69) is 16.7 Å². The number of benzene rings is 2. The van der Waals surface area contributed by atoms with Crippen LogP contribution >= 0.6 is 23.8 Å². The van der Waals surface area contributed by atoms with Gasteiger partial charge in [-0.25, -0.2) is 0 Å². The van der Waals surface area contributed by atoms with Crippen molar-refractivity contribution in [2.24, 2.45) is 5.73 Å². The zero-order valence-corrected chi connectivity index (χ0v) is 15.2. The minimum absolute atomic E-state index is 0.102. The summed E-state index contributed by atoms with van der Waals surface area (Å²) >= 11 is 11.3. The number of rotatable bonds is 4. The normalized spacial score (nSPS) is 11.5. The van der Waals surface area contributed by atoms with Gasteiger partial charge in [0.1, 0.15) is 11.1 Å². The van der Waals surface area contributed by atoms with Crippen LogP contribution < -0.4 is 5.73 Å². The molecular weight excluding hydrogens is 350 g/mol. The number of hydrogen-bond donors (Lipinski definition) is 1. The van der Waals surface area contributed by atoms with Gasteiger partial charge in [0.05, 0.1) is 5.57 Å². The smallest absolute Gasteiger partial charge is 0.114 e. The Balaban J connectivity index is 2.21. The zero-order chi connectivity index (χ0) is 18.0. The Kier molecular flexibility index (Phi) is 4.89. The lowest BCUT2D eigenvalue weighted by atomic mass is 10.1. The summed E-state index contributed by atoms with van der Waals surface area (Å²) in [4.78, 5) is 0.102. The molecule has 1 aromatic heterocycles. The van der Waals surface area contributed by atoms with Crippen LogP contribution in [0.3, 0.4) is 0 Å². The molecule has 2 aromatic carbocycles. The Bertz CT molecular complexity index is 1040. The molecule has 0 aliphatic heterocycles. The molecule has 3 rings (SSSR count). The third kappa shape index (κ3) is 3.30. The van der Waals surface area contributed by atoms with E-state index in [0.29, 0.717) is 12.1 Å². The quantitative estimate of drug-likeness (QED) is 0.408. The molecule has 0 atom stereocenters. The number of fused-ring (bicyclic) bond motifs is 1. The van der Waals surface area contributed by atoms with Crippen LogP contribution in [0, 0.1) is 18.3 Å². The van der Waals surface area contributed by atoms with E-state index in [4.69, 9.17) is 29.6 Å². The maximum atomic E-state index is 9.29. The van der Waals surface area contributed by atoms with Crippen molar-refractivity contribution in [3.63, 3.8) is 0 Å². The number of aromatic nitrogens is 1. The highest BCUT2D eigenvalue weighted by molar-refractivity contribution is 7.80. The van der Waals surface area contributed by atoms with E-state index in [1.54, 1.807) is 6.08 Å². The van der Waals surface area contributed by atoms with E-state index in [-0.39, 0.29) is 4.99 Å². The minimum Gasteiger partial charge on any atom is -0.389 e. The molecular formula is C20H16ClN3S. The van der Waals surface area contributed by atoms with Gasteiger partial charge in [-0.15, -0.1) is 0 Å². The summed E-state index contributed by atoms with van der Waals surface area (Å²) in [6, 6.07) is 17.9. The summed E-state index contributed by atoms with van der Waals surface area (Å²) < 4.78 is 2.19. The molecule has 0 saturated heterocycles. The SMILES string of the molecule is Cc1c(C=C(C#N)C(N)=S)c2ccccc2n1Cc1ccccc1Cl. The van der Waals surface area contributed by atoms with Crippen molar-refractivity contribution < 1.29 is 0 Å². The van der Waals surface area contributed by atoms with Gasteiger partial charge in [0.25, 0.3) is 0 Å². The van der Waals surface area contributed by atoms with Gasteiger partial charge >= 0.3 is 0 Å². The number of nitrogens with two attached hydrogens (primary N) is 1. The second-order valence-corrected chi connectivity index (χ2v) is 6.57. The molecule has 1 heterocycles. The molecule has 5 heteroatoms. The molecule has 0 saturated carbocycles. The van der Waals surface area contributed by atoms with Gasteiger partial charge in [0.15, 0.2) is 0 Å². The molecule has 2 N–H and O–H groups in total. The fraction of sp³-hybridized carbons (Fsp3) is 0.100. The molecule has 124 valence electrons. The van der Waals surface area contributed by atoms with Gasteiger partial charge in [0.2, 0.25) is 0 Å². The molecule has 3 aromatic rings. The first-order chi connectivity index (χ1) is 12.0. The first-order valence-corrected chi connectivity index (χ1v) is 8.54. The third-order valence-corrected chi connectivity index (χ3v) is 4.83. The predicted octanol–water partition coefficient (Wildman–Crippen LogP) is 4.84. The molecule has 0 aliphatic rings. The first-order valence-electron chi connectivity index (χ1n) is 7.75. The lowest BCUT2D eigenvalue weighted by molar-refractivity contribution is 0.804. The molecule has 0 spiro atoms. The standard InChI is InChI=1S/C20H16ClN3S/c1-13-17(10-15(11-22)20(23)25)16-7-3-5-9-19(16)24(13)12-14-6-2-4-8-18(14)21/h2-10H,12H2,1H3,(H2,23,25). The summed E-state index contributed by atoms with van der Waals surface area (Å²) in [5.41, 5.74) is 10.1. The van der Waals surface area contributed by atoms with E-state index < -0.39 is 0 Å². The second kappa shape index (κ2) is 7.10. The highest BCUT2D eigenvalue weighted by Gasteiger charge is 2.14. The van der Waals surface area contributed by atoms with Crippen LogP contribution in [0.2, 0.25) is 5.02 Å². The fourth-order valence-corrected chi connectivity index (χ4v) is 3.24. The van der Waals surface area contributed by atoms with E-state index in [9.17, 15) is 5.26 Å². The Morgan fingerprint density at radius 2 is 1.92 bits per heavy atom. The largest absolute Gasteiger partial charge is 0.389 e. The van der Waals surface area contributed by atoms with Crippen molar-refractivity contribution >= 4 is 45.8 Å². The number of nitriles is 1. The van der Waals surface area contributed by atoms with Crippen molar-refractivity contribution in [3.05, 3.63) is 75.9 Å². The Labute approximate surface area is 156 Å². The third-order valence-electron chi connectivity index (χ3n) is 4.24. The van der Waals surface area contributed by atoms with Crippen molar-refractivity contribution in [1.29, 1.82) is 5.26 Å². The van der Waals surface area contributed by atoms with Crippen LogP contribution in [-0.2, 0) is 6.54 Å². The minimum atomic E-state index is 0.102. The highest BCUT2D eigenvalue weighted by atomic mass is 35.5. The van der Waals surface area contributed by atoms with E-state index in [0.717, 1.165) is 32.7 Å². The van der Waals surface area contributed by atoms with Gasteiger partial charge in [-0.2, -0.15) is 5.26 Å². The lowest BCUT2D eigenvalue weighted by Gasteiger charge is -2.10. The molecule has 0 unspecified atom stereocenters. The summed E-state index contributed by atoms with van der Waals surface area (Å²) in [7, 11) is 0. The molecule has 0 radical (unpaired) electrons. The van der Waals surface area contributed by atoms with E-state index >= 15 is 0 Å². The Morgan fingerprint density at radius 1 is 1.24 bits per heavy atom. The molecule has 3 nitrogen and oxygen atoms in total. The summed E-state index contributed by atoms with van der Waals surface area (Å²) in [6.07, 6.45) is 1.77. The van der Waals surface area contributed by atoms with Gasteiger partial charge < -0.3 is 10.3 Å². The van der Waals surface area contributed by atoms with Gasteiger partial charge in [-0.1, -0.05) is 60.2 Å². The molecule has 25 heavy (non-hydrogen) atoms. The number of hydrogen-bond acceptors (Lipinski definition) is 2. The average molecular weight is 366 g/mol. The second-order valence-electron chi connectivity index (χ2n) is 5.73. The van der Waals surface area contributed by atoms with Crippen molar-refractivity contribution in [2.45, 2.75) is 13.5 Å². The number of thiocarbonyl (C=S) groups is 1. The van der Waals surface area contributed by atoms with Crippen LogP contribution in [0.15, 0.2) is 54.1 Å². The monoisotopic (exact) mass is 365 g/mol. The van der Waals surface area contributed by atoms with Crippen LogP contribution in [-0.4, -0.2) is 9.56 Å². The van der Waals surface area contributed by atoms with Gasteiger partial charge in [-0.05, 0) is 30.7 Å². The van der Waals surface area contributed by atoms with Crippen LogP contribution in [0.25, 0.3) is 17.0 Å². The Hall–Kier alpha value is -2.61.